The monoisotopic (exact) mass is 258 g/mol. The Hall–Kier alpha value is -1.26. The fourth-order valence-corrected chi connectivity index (χ4v) is 1.53. The van der Waals surface area contributed by atoms with Gasteiger partial charge in [-0.15, -0.1) is 0 Å². The molecule has 1 unspecified atom stereocenters. The molecule has 0 fully saturated rings. The highest BCUT2D eigenvalue weighted by Gasteiger charge is 2.28. The summed E-state index contributed by atoms with van der Waals surface area (Å²) < 4.78 is 0. The molecule has 2 amide bonds. The number of amides is 2. The summed E-state index contributed by atoms with van der Waals surface area (Å²) >= 11 is 0. The van der Waals surface area contributed by atoms with Gasteiger partial charge in [0.2, 0.25) is 0 Å². The molecule has 5 heteroatoms. The Kier molecular flexibility index (Phi) is 7.39. The molecule has 106 valence electrons. The van der Waals surface area contributed by atoms with Crippen molar-refractivity contribution in [2.75, 3.05) is 6.54 Å². The molecule has 0 aromatic rings. The van der Waals surface area contributed by atoms with Gasteiger partial charge in [-0.25, -0.2) is 4.79 Å². The van der Waals surface area contributed by atoms with Crippen molar-refractivity contribution in [3.63, 3.8) is 0 Å². The largest absolute Gasteiger partial charge is 0.481 e. The lowest BCUT2D eigenvalue weighted by atomic mass is 9.85. The number of unbranched alkanes of at least 4 members (excludes halogenated alkanes) is 2. The summed E-state index contributed by atoms with van der Waals surface area (Å²) in [5.74, 6) is -0.902. The summed E-state index contributed by atoms with van der Waals surface area (Å²) in [7, 11) is 0. The van der Waals surface area contributed by atoms with Crippen LogP contribution in [-0.2, 0) is 4.79 Å². The normalized spacial score (nSPS) is 12.9. The zero-order valence-electron chi connectivity index (χ0n) is 11.9. The van der Waals surface area contributed by atoms with Crippen LogP contribution in [0.5, 0.6) is 0 Å². The molecule has 0 aromatic carbocycles. The van der Waals surface area contributed by atoms with Gasteiger partial charge in [0, 0.05) is 12.6 Å². The molecule has 0 saturated heterocycles. The van der Waals surface area contributed by atoms with Crippen LogP contribution in [0.1, 0.15) is 53.4 Å². The predicted octanol–water partition coefficient (Wildman–Crippen LogP) is 2.37. The van der Waals surface area contributed by atoms with Crippen molar-refractivity contribution in [2.24, 2.45) is 5.41 Å². The first-order chi connectivity index (χ1) is 8.27. The molecule has 0 aliphatic heterocycles. The standard InChI is InChI=1S/C13H26N2O3/c1-5-6-7-8-14-12(18)15-10(9-11(16)17)13(2,3)4/h10H,5-9H2,1-4H3,(H,16,17)(H2,14,15,18). The van der Waals surface area contributed by atoms with Gasteiger partial charge in [-0.1, -0.05) is 40.5 Å². The van der Waals surface area contributed by atoms with E-state index in [0.717, 1.165) is 19.3 Å². The van der Waals surface area contributed by atoms with Crippen LogP contribution in [-0.4, -0.2) is 29.7 Å². The van der Waals surface area contributed by atoms with Crippen LogP contribution in [0.25, 0.3) is 0 Å². The number of hydrogen-bond donors (Lipinski definition) is 3. The van der Waals surface area contributed by atoms with Gasteiger partial charge >= 0.3 is 12.0 Å². The minimum absolute atomic E-state index is 0.0636. The molecule has 1 atom stereocenters. The van der Waals surface area contributed by atoms with Gasteiger partial charge < -0.3 is 15.7 Å². The molecule has 0 bridgehead atoms. The summed E-state index contributed by atoms with van der Waals surface area (Å²) in [5.41, 5.74) is -0.279. The highest BCUT2D eigenvalue weighted by Crippen LogP contribution is 2.21. The second-order valence-corrected chi connectivity index (χ2v) is 5.62. The number of rotatable bonds is 7. The van der Waals surface area contributed by atoms with Crippen LogP contribution in [0.15, 0.2) is 0 Å². The highest BCUT2D eigenvalue weighted by atomic mass is 16.4. The Bertz CT molecular complexity index is 272. The van der Waals surface area contributed by atoms with E-state index >= 15 is 0 Å². The van der Waals surface area contributed by atoms with E-state index in [2.05, 4.69) is 17.6 Å². The third-order valence-electron chi connectivity index (χ3n) is 2.80. The number of hydrogen-bond acceptors (Lipinski definition) is 2. The van der Waals surface area contributed by atoms with Gasteiger partial charge in [0.05, 0.1) is 6.42 Å². The van der Waals surface area contributed by atoms with Gasteiger partial charge in [-0.2, -0.15) is 0 Å². The number of aliphatic carboxylic acids is 1. The number of carboxylic acid groups (broad SMARTS) is 1. The van der Waals surface area contributed by atoms with Crippen LogP contribution in [0.2, 0.25) is 0 Å². The van der Waals surface area contributed by atoms with Crippen LogP contribution >= 0.6 is 0 Å². The summed E-state index contributed by atoms with van der Waals surface area (Å²) in [5, 5.41) is 14.3. The lowest BCUT2D eigenvalue weighted by Crippen LogP contribution is -2.49. The van der Waals surface area contributed by atoms with Crippen molar-refractivity contribution < 1.29 is 14.7 Å². The van der Waals surface area contributed by atoms with Crippen molar-refractivity contribution >= 4 is 12.0 Å². The van der Waals surface area contributed by atoms with E-state index in [1.807, 2.05) is 20.8 Å². The van der Waals surface area contributed by atoms with Crippen LogP contribution in [0, 0.1) is 5.41 Å². The number of nitrogens with one attached hydrogen (secondary N) is 2. The second kappa shape index (κ2) is 7.95. The van der Waals surface area contributed by atoms with Crippen LogP contribution in [0.3, 0.4) is 0 Å². The Morgan fingerprint density at radius 2 is 1.83 bits per heavy atom. The van der Waals surface area contributed by atoms with E-state index in [0.29, 0.717) is 6.54 Å². The summed E-state index contributed by atoms with van der Waals surface area (Å²) in [6, 6.07) is -0.659. The Morgan fingerprint density at radius 3 is 2.28 bits per heavy atom. The zero-order chi connectivity index (χ0) is 14.2. The Balaban J connectivity index is 4.15. The quantitative estimate of drug-likeness (QED) is 0.613. The first-order valence-electron chi connectivity index (χ1n) is 6.53. The topological polar surface area (TPSA) is 78.4 Å². The molecule has 0 aliphatic carbocycles. The summed E-state index contributed by atoms with van der Waals surface area (Å²) in [6.45, 7) is 8.47. The van der Waals surface area contributed by atoms with Gasteiger partial charge in [0.25, 0.3) is 0 Å². The highest BCUT2D eigenvalue weighted by molar-refractivity contribution is 5.75. The summed E-state index contributed by atoms with van der Waals surface area (Å²) in [4.78, 5) is 22.4. The lowest BCUT2D eigenvalue weighted by molar-refractivity contribution is -0.138. The third-order valence-corrected chi connectivity index (χ3v) is 2.80. The number of carboxylic acids is 1. The van der Waals surface area contributed by atoms with E-state index in [1.54, 1.807) is 0 Å². The molecule has 0 saturated carbocycles. The lowest BCUT2D eigenvalue weighted by Gasteiger charge is -2.30. The van der Waals surface area contributed by atoms with E-state index in [-0.39, 0.29) is 23.9 Å². The number of urea groups is 1. The van der Waals surface area contributed by atoms with Gasteiger partial charge in [-0.3, -0.25) is 4.79 Å². The fraction of sp³-hybridized carbons (Fsp3) is 0.846. The maximum Gasteiger partial charge on any atom is 0.315 e. The first kappa shape index (κ1) is 16.7. The molecule has 0 heterocycles. The SMILES string of the molecule is CCCCCNC(=O)NC(CC(=O)O)C(C)(C)C. The van der Waals surface area contributed by atoms with E-state index in [1.165, 1.54) is 0 Å². The smallest absolute Gasteiger partial charge is 0.315 e. The van der Waals surface area contributed by atoms with E-state index in [4.69, 9.17) is 5.11 Å². The molecule has 0 aromatic heterocycles. The number of carbonyl (C=O) groups is 2. The maximum atomic E-state index is 11.6. The molecule has 0 aliphatic rings. The average molecular weight is 258 g/mol. The Labute approximate surface area is 109 Å². The van der Waals surface area contributed by atoms with E-state index in [9.17, 15) is 9.59 Å². The predicted molar refractivity (Wildman–Crippen MR) is 71.6 cm³/mol. The van der Waals surface area contributed by atoms with E-state index < -0.39 is 5.97 Å². The Morgan fingerprint density at radius 1 is 1.22 bits per heavy atom. The average Bonchev–Trinajstić information content (AvgIpc) is 2.21. The zero-order valence-corrected chi connectivity index (χ0v) is 11.9. The molecule has 0 rings (SSSR count). The molecule has 0 spiro atoms. The minimum Gasteiger partial charge on any atom is -0.481 e. The third kappa shape index (κ3) is 7.92. The van der Waals surface area contributed by atoms with Crippen molar-refractivity contribution in [2.45, 2.75) is 59.4 Å². The van der Waals surface area contributed by atoms with Crippen LogP contribution in [0.4, 0.5) is 4.79 Å². The van der Waals surface area contributed by atoms with Gasteiger partial charge in [-0.05, 0) is 11.8 Å². The minimum atomic E-state index is -0.902. The molecule has 5 nitrogen and oxygen atoms in total. The van der Waals surface area contributed by atoms with Gasteiger partial charge in [0.15, 0.2) is 0 Å². The molecular formula is C13H26N2O3. The van der Waals surface area contributed by atoms with Crippen molar-refractivity contribution in [1.29, 1.82) is 0 Å². The summed E-state index contributed by atoms with van der Waals surface area (Å²) in [6.07, 6.45) is 3.07. The number of carbonyl (C=O) groups excluding carboxylic acids is 1. The van der Waals surface area contributed by atoms with Crippen molar-refractivity contribution in [1.82, 2.24) is 10.6 Å². The maximum absolute atomic E-state index is 11.6. The first-order valence-corrected chi connectivity index (χ1v) is 6.53. The molecule has 0 radical (unpaired) electrons. The fourth-order valence-electron chi connectivity index (χ4n) is 1.53. The van der Waals surface area contributed by atoms with Crippen LogP contribution < -0.4 is 10.6 Å². The van der Waals surface area contributed by atoms with Crippen molar-refractivity contribution in [3.05, 3.63) is 0 Å². The van der Waals surface area contributed by atoms with Gasteiger partial charge in [0.1, 0.15) is 0 Å². The molecule has 18 heavy (non-hydrogen) atoms. The van der Waals surface area contributed by atoms with Crippen molar-refractivity contribution in [3.8, 4) is 0 Å². The second-order valence-electron chi connectivity index (χ2n) is 5.62. The molecular weight excluding hydrogens is 232 g/mol. The molecule has 3 N–H and O–H groups in total.